The highest BCUT2D eigenvalue weighted by Crippen LogP contribution is 2.11. The minimum Gasteiger partial charge on any atom is -0.335 e. The summed E-state index contributed by atoms with van der Waals surface area (Å²) in [6, 6.07) is 0. The van der Waals surface area contributed by atoms with Crippen molar-refractivity contribution in [3.63, 3.8) is 0 Å². The van der Waals surface area contributed by atoms with Crippen LogP contribution in [0.5, 0.6) is 0 Å². The molecule has 202 valence electrons. The predicted molar refractivity (Wildman–Crippen MR) is 146 cm³/mol. The van der Waals surface area contributed by atoms with Gasteiger partial charge < -0.3 is 21.7 Å². The second-order valence-electron chi connectivity index (χ2n) is 9.84. The maximum Gasteiger partial charge on any atom is 0.221 e. The first-order valence-electron chi connectivity index (χ1n) is 14.6. The van der Waals surface area contributed by atoms with Gasteiger partial charge in [-0.3, -0.25) is 9.59 Å². The van der Waals surface area contributed by atoms with Crippen LogP contribution in [0.4, 0.5) is 0 Å². The Balaban J connectivity index is 3.96. The van der Waals surface area contributed by atoms with Crippen molar-refractivity contribution in [3.8, 4) is 0 Å². The standard InChI is InChI=1S/C28H58N4O2/c1-3-5-7-9-11-13-15-17-19-21-27(33)31-26(25-30-24-23-29)32-28(34)22-20-18-16-14-12-10-8-6-4-2/h26,30H,3-25,29H2,1-2H3,(H,31,33)(H,32,34). The number of amides is 2. The average Bonchev–Trinajstić information content (AvgIpc) is 2.82. The molecule has 0 fully saturated rings. The van der Waals surface area contributed by atoms with E-state index in [1.807, 2.05) is 0 Å². The molecule has 0 spiro atoms. The number of nitrogens with one attached hydrogen (secondary N) is 3. The molecular weight excluding hydrogens is 424 g/mol. The van der Waals surface area contributed by atoms with Gasteiger partial charge in [0.25, 0.3) is 0 Å². The maximum absolute atomic E-state index is 12.4. The molecule has 2 amide bonds. The van der Waals surface area contributed by atoms with Gasteiger partial charge in [-0.25, -0.2) is 0 Å². The lowest BCUT2D eigenvalue weighted by Gasteiger charge is -2.21. The first kappa shape index (κ1) is 32.9. The first-order chi connectivity index (χ1) is 16.6. The molecule has 0 aromatic rings. The molecule has 6 heteroatoms. The molecule has 0 radical (unpaired) electrons. The molecule has 0 aliphatic heterocycles. The Kier molecular flexibility index (Phi) is 25.6. The average molecular weight is 483 g/mol. The summed E-state index contributed by atoms with van der Waals surface area (Å²) < 4.78 is 0. The highest BCUT2D eigenvalue weighted by atomic mass is 16.2. The number of carbonyl (C=O) groups is 2. The van der Waals surface area contributed by atoms with E-state index in [2.05, 4.69) is 29.8 Å². The number of rotatable bonds is 26. The van der Waals surface area contributed by atoms with Crippen molar-refractivity contribution in [1.82, 2.24) is 16.0 Å². The van der Waals surface area contributed by atoms with E-state index in [1.165, 1.54) is 89.9 Å². The SMILES string of the molecule is CCCCCCCCCCCC(=O)NC(CNCCN)NC(=O)CCCCCCCCCCC. The Labute approximate surface area is 211 Å². The van der Waals surface area contributed by atoms with Crippen LogP contribution in [0.3, 0.4) is 0 Å². The van der Waals surface area contributed by atoms with E-state index in [1.54, 1.807) is 0 Å². The molecule has 0 aliphatic carbocycles. The van der Waals surface area contributed by atoms with Crippen molar-refractivity contribution in [3.05, 3.63) is 0 Å². The van der Waals surface area contributed by atoms with Crippen LogP contribution in [0.25, 0.3) is 0 Å². The van der Waals surface area contributed by atoms with Gasteiger partial charge in [0.2, 0.25) is 11.8 Å². The third kappa shape index (κ3) is 24.0. The lowest BCUT2D eigenvalue weighted by Crippen LogP contribution is -2.53. The largest absolute Gasteiger partial charge is 0.335 e. The molecule has 0 rings (SSSR count). The molecule has 0 bridgehead atoms. The third-order valence-corrected chi connectivity index (χ3v) is 6.35. The van der Waals surface area contributed by atoms with Crippen LogP contribution in [-0.2, 0) is 9.59 Å². The fourth-order valence-electron chi connectivity index (χ4n) is 4.21. The first-order valence-corrected chi connectivity index (χ1v) is 14.6. The molecule has 0 atom stereocenters. The van der Waals surface area contributed by atoms with Gasteiger partial charge in [0.15, 0.2) is 0 Å². The summed E-state index contributed by atoms with van der Waals surface area (Å²) in [5.41, 5.74) is 5.56. The summed E-state index contributed by atoms with van der Waals surface area (Å²) in [5.74, 6) is 0.0386. The zero-order valence-corrected chi connectivity index (χ0v) is 22.7. The maximum atomic E-state index is 12.4. The number of carbonyl (C=O) groups excluding carboxylic acids is 2. The summed E-state index contributed by atoms with van der Waals surface area (Å²) in [4.78, 5) is 24.8. The minimum atomic E-state index is -0.372. The monoisotopic (exact) mass is 482 g/mol. The minimum absolute atomic E-state index is 0.0193. The lowest BCUT2D eigenvalue weighted by molar-refractivity contribution is -0.124. The third-order valence-electron chi connectivity index (χ3n) is 6.35. The summed E-state index contributed by atoms with van der Waals surface area (Å²) in [6.45, 7) is 6.19. The van der Waals surface area contributed by atoms with Gasteiger partial charge >= 0.3 is 0 Å². The molecule has 0 aromatic carbocycles. The van der Waals surface area contributed by atoms with Gasteiger partial charge in [0.05, 0.1) is 0 Å². The fraction of sp³-hybridized carbons (Fsp3) is 0.929. The van der Waals surface area contributed by atoms with Crippen LogP contribution in [-0.4, -0.2) is 37.6 Å². The van der Waals surface area contributed by atoms with Crippen LogP contribution >= 0.6 is 0 Å². The fourth-order valence-corrected chi connectivity index (χ4v) is 4.21. The quantitative estimate of drug-likeness (QED) is 0.0906. The van der Waals surface area contributed by atoms with E-state index in [4.69, 9.17) is 5.73 Å². The molecule has 0 saturated carbocycles. The second kappa shape index (κ2) is 26.5. The molecule has 6 nitrogen and oxygen atoms in total. The van der Waals surface area contributed by atoms with Gasteiger partial charge in [0, 0.05) is 32.5 Å². The molecule has 5 N–H and O–H groups in total. The summed E-state index contributed by atoms with van der Waals surface area (Å²) in [7, 11) is 0. The van der Waals surface area contributed by atoms with Crippen molar-refractivity contribution in [2.45, 2.75) is 148 Å². The number of hydrogen-bond donors (Lipinski definition) is 4. The molecule has 34 heavy (non-hydrogen) atoms. The van der Waals surface area contributed by atoms with Gasteiger partial charge in [-0.05, 0) is 12.8 Å². The van der Waals surface area contributed by atoms with Crippen molar-refractivity contribution in [2.75, 3.05) is 19.6 Å². The van der Waals surface area contributed by atoms with E-state index >= 15 is 0 Å². The van der Waals surface area contributed by atoms with E-state index < -0.39 is 0 Å². The van der Waals surface area contributed by atoms with E-state index in [-0.39, 0.29) is 18.0 Å². The van der Waals surface area contributed by atoms with Gasteiger partial charge in [-0.2, -0.15) is 0 Å². The van der Waals surface area contributed by atoms with Crippen molar-refractivity contribution < 1.29 is 9.59 Å². The van der Waals surface area contributed by atoms with E-state index in [0.717, 1.165) is 25.7 Å². The number of unbranched alkanes of at least 4 members (excludes halogenated alkanes) is 16. The second-order valence-corrected chi connectivity index (χ2v) is 9.84. The van der Waals surface area contributed by atoms with E-state index in [9.17, 15) is 9.59 Å². The predicted octanol–water partition coefficient (Wildman–Crippen LogP) is 5.94. The molecular formula is C28H58N4O2. The topological polar surface area (TPSA) is 96.2 Å². The molecule has 0 aromatic heterocycles. The van der Waals surface area contributed by atoms with Crippen LogP contribution in [0, 0.1) is 0 Å². The zero-order valence-electron chi connectivity index (χ0n) is 22.7. The summed E-state index contributed by atoms with van der Waals surface area (Å²) >= 11 is 0. The lowest BCUT2D eigenvalue weighted by atomic mass is 10.1. The van der Waals surface area contributed by atoms with Crippen LogP contribution < -0.4 is 21.7 Å². The van der Waals surface area contributed by atoms with Crippen LogP contribution in [0.1, 0.15) is 142 Å². The van der Waals surface area contributed by atoms with Crippen LogP contribution in [0.15, 0.2) is 0 Å². The normalized spacial score (nSPS) is 11.2. The Hall–Kier alpha value is -1.14. The summed E-state index contributed by atoms with van der Waals surface area (Å²) in [6.07, 6.45) is 22.9. The highest BCUT2D eigenvalue weighted by molar-refractivity contribution is 5.79. The molecule has 0 heterocycles. The Morgan fingerprint density at radius 2 is 0.941 bits per heavy atom. The highest BCUT2D eigenvalue weighted by Gasteiger charge is 2.14. The van der Waals surface area contributed by atoms with Gasteiger partial charge in [-0.1, -0.05) is 117 Å². The molecule has 0 aliphatic rings. The van der Waals surface area contributed by atoms with Crippen LogP contribution in [0.2, 0.25) is 0 Å². The number of nitrogens with two attached hydrogens (primary N) is 1. The number of hydrogen-bond acceptors (Lipinski definition) is 4. The summed E-state index contributed by atoms with van der Waals surface area (Å²) in [5, 5.41) is 9.19. The Bertz CT molecular complexity index is 424. The van der Waals surface area contributed by atoms with E-state index in [0.29, 0.717) is 32.5 Å². The van der Waals surface area contributed by atoms with Crippen molar-refractivity contribution >= 4 is 11.8 Å². The van der Waals surface area contributed by atoms with Crippen molar-refractivity contribution in [1.29, 1.82) is 0 Å². The Morgan fingerprint density at radius 3 is 1.29 bits per heavy atom. The van der Waals surface area contributed by atoms with Crippen molar-refractivity contribution in [2.24, 2.45) is 5.73 Å². The molecule has 0 unspecified atom stereocenters. The molecule has 0 saturated heterocycles. The van der Waals surface area contributed by atoms with Gasteiger partial charge in [-0.15, -0.1) is 0 Å². The Morgan fingerprint density at radius 1 is 0.588 bits per heavy atom. The van der Waals surface area contributed by atoms with Gasteiger partial charge in [0.1, 0.15) is 6.17 Å². The zero-order chi connectivity index (χ0) is 25.1. The smallest absolute Gasteiger partial charge is 0.221 e.